The van der Waals surface area contributed by atoms with Crippen molar-refractivity contribution in [1.29, 1.82) is 0 Å². The average molecular weight is 265 g/mol. The van der Waals surface area contributed by atoms with Crippen molar-refractivity contribution in [3.05, 3.63) is 23.3 Å². The van der Waals surface area contributed by atoms with E-state index in [0.717, 1.165) is 17.8 Å². The van der Waals surface area contributed by atoms with Gasteiger partial charge in [0.25, 0.3) is 0 Å². The van der Waals surface area contributed by atoms with E-state index in [1.165, 1.54) is 13.2 Å². The van der Waals surface area contributed by atoms with Crippen molar-refractivity contribution in [2.24, 2.45) is 5.73 Å². The first-order valence-electron chi connectivity index (χ1n) is 4.96. The second-order valence-corrected chi connectivity index (χ2v) is 4.25. The van der Waals surface area contributed by atoms with Crippen LogP contribution in [0.4, 0.5) is 13.2 Å². The molecule has 0 fully saturated rings. The Morgan fingerprint density at radius 2 is 2.00 bits per heavy atom. The van der Waals surface area contributed by atoms with Crippen LogP contribution in [0.5, 0.6) is 5.75 Å². The van der Waals surface area contributed by atoms with E-state index < -0.39 is 11.7 Å². The lowest BCUT2D eigenvalue weighted by Crippen LogP contribution is -2.10. The van der Waals surface area contributed by atoms with Gasteiger partial charge in [0, 0.05) is 4.90 Å². The Labute approximate surface area is 102 Å². The number of nitrogens with two attached hydrogens (primary N) is 1. The van der Waals surface area contributed by atoms with Gasteiger partial charge < -0.3 is 10.5 Å². The summed E-state index contributed by atoms with van der Waals surface area (Å²) in [6.07, 6.45) is -2.26. The molecule has 0 spiro atoms. The van der Waals surface area contributed by atoms with Crippen molar-refractivity contribution in [1.82, 2.24) is 0 Å². The first-order chi connectivity index (χ1) is 7.93. The van der Waals surface area contributed by atoms with Crippen LogP contribution in [-0.4, -0.2) is 19.9 Å². The maximum absolute atomic E-state index is 12.8. The molecule has 0 aliphatic rings. The fourth-order valence-corrected chi connectivity index (χ4v) is 2.19. The minimum Gasteiger partial charge on any atom is -0.496 e. The van der Waals surface area contributed by atoms with Gasteiger partial charge in [0.15, 0.2) is 0 Å². The van der Waals surface area contributed by atoms with Gasteiger partial charge in [0.2, 0.25) is 0 Å². The van der Waals surface area contributed by atoms with E-state index in [9.17, 15) is 13.2 Å². The zero-order chi connectivity index (χ0) is 13.1. The summed E-state index contributed by atoms with van der Waals surface area (Å²) in [6, 6.07) is 2.54. The highest BCUT2D eigenvalue weighted by atomic mass is 32.2. The SMILES string of the molecule is COc1cc(C(F)(F)F)c(SC)cc1CCN. The van der Waals surface area contributed by atoms with Gasteiger partial charge in [-0.15, -0.1) is 11.8 Å². The standard InChI is InChI=1S/C11H14F3NOS/c1-16-9-6-8(11(12,13)14)10(17-2)5-7(9)3-4-15/h5-6H,3-4,15H2,1-2H3. The third kappa shape index (κ3) is 3.29. The van der Waals surface area contributed by atoms with Crippen LogP contribution in [-0.2, 0) is 12.6 Å². The molecule has 0 bridgehead atoms. The quantitative estimate of drug-likeness (QED) is 0.850. The molecule has 0 radical (unpaired) electrons. The smallest absolute Gasteiger partial charge is 0.417 e. The van der Waals surface area contributed by atoms with Crippen molar-refractivity contribution in [3.63, 3.8) is 0 Å². The average Bonchev–Trinajstić information content (AvgIpc) is 2.27. The van der Waals surface area contributed by atoms with Crippen molar-refractivity contribution >= 4 is 11.8 Å². The largest absolute Gasteiger partial charge is 0.496 e. The molecule has 0 amide bonds. The van der Waals surface area contributed by atoms with Gasteiger partial charge in [-0.25, -0.2) is 0 Å². The summed E-state index contributed by atoms with van der Waals surface area (Å²) in [5.41, 5.74) is 5.45. The number of rotatable bonds is 4. The molecule has 0 aromatic heterocycles. The number of halogens is 3. The zero-order valence-corrected chi connectivity index (χ0v) is 10.4. The molecule has 2 N–H and O–H groups in total. The molecule has 0 atom stereocenters. The molecule has 17 heavy (non-hydrogen) atoms. The van der Waals surface area contributed by atoms with Crippen molar-refractivity contribution in [2.45, 2.75) is 17.5 Å². The van der Waals surface area contributed by atoms with Gasteiger partial charge in [-0.05, 0) is 36.9 Å². The first kappa shape index (κ1) is 14.2. The second kappa shape index (κ2) is 5.64. The predicted octanol–water partition coefficient (Wildman–Crippen LogP) is 2.94. The molecule has 1 aromatic rings. The Morgan fingerprint density at radius 3 is 2.41 bits per heavy atom. The zero-order valence-electron chi connectivity index (χ0n) is 9.60. The second-order valence-electron chi connectivity index (χ2n) is 3.40. The van der Waals surface area contributed by atoms with Crippen LogP contribution < -0.4 is 10.5 Å². The number of thioether (sulfide) groups is 1. The molecule has 0 heterocycles. The Hall–Kier alpha value is -0.880. The summed E-state index contributed by atoms with van der Waals surface area (Å²) >= 11 is 1.07. The normalized spacial score (nSPS) is 11.6. The van der Waals surface area contributed by atoms with Crippen molar-refractivity contribution < 1.29 is 17.9 Å². The lowest BCUT2D eigenvalue weighted by molar-refractivity contribution is -0.139. The van der Waals surface area contributed by atoms with E-state index in [0.29, 0.717) is 18.5 Å². The molecule has 6 heteroatoms. The van der Waals surface area contributed by atoms with Crippen LogP contribution in [0.2, 0.25) is 0 Å². The molecular weight excluding hydrogens is 251 g/mol. The maximum Gasteiger partial charge on any atom is 0.417 e. The van der Waals surface area contributed by atoms with Crippen LogP contribution >= 0.6 is 11.8 Å². The van der Waals surface area contributed by atoms with E-state index in [-0.39, 0.29) is 10.6 Å². The minimum atomic E-state index is -4.37. The van der Waals surface area contributed by atoms with Crippen molar-refractivity contribution in [2.75, 3.05) is 19.9 Å². The third-order valence-corrected chi connectivity index (χ3v) is 3.10. The van der Waals surface area contributed by atoms with Gasteiger partial charge in [-0.2, -0.15) is 13.2 Å². The van der Waals surface area contributed by atoms with Crippen LogP contribution in [0.25, 0.3) is 0 Å². The van der Waals surface area contributed by atoms with E-state index >= 15 is 0 Å². The number of alkyl halides is 3. The number of methoxy groups -OCH3 is 1. The Morgan fingerprint density at radius 1 is 1.35 bits per heavy atom. The third-order valence-electron chi connectivity index (χ3n) is 2.32. The summed E-state index contributed by atoms with van der Waals surface area (Å²) in [5, 5.41) is 0. The Balaban J connectivity index is 3.33. The van der Waals surface area contributed by atoms with E-state index in [1.54, 1.807) is 6.26 Å². The van der Waals surface area contributed by atoms with Gasteiger partial charge >= 0.3 is 6.18 Å². The van der Waals surface area contributed by atoms with Gasteiger partial charge in [0.1, 0.15) is 5.75 Å². The summed E-state index contributed by atoms with van der Waals surface area (Å²) in [5.74, 6) is 0.237. The van der Waals surface area contributed by atoms with Crippen LogP contribution in [0.1, 0.15) is 11.1 Å². The Bertz CT molecular complexity index is 393. The number of ether oxygens (including phenoxy) is 1. The fourth-order valence-electron chi connectivity index (χ4n) is 1.53. The highest BCUT2D eigenvalue weighted by Crippen LogP contribution is 2.39. The minimum absolute atomic E-state index is 0.196. The number of hydrogen-bond acceptors (Lipinski definition) is 3. The van der Waals surface area contributed by atoms with Crippen LogP contribution in [0, 0.1) is 0 Å². The van der Waals surface area contributed by atoms with Crippen molar-refractivity contribution in [3.8, 4) is 5.75 Å². The van der Waals surface area contributed by atoms with Gasteiger partial charge in [-0.1, -0.05) is 0 Å². The molecule has 0 saturated carbocycles. The van der Waals surface area contributed by atoms with E-state index in [2.05, 4.69) is 0 Å². The molecule has 96 valence electrons. The molecule has 2 nitrogen and oxygen atoms in total. The topological polar surface area (TPSA) is 35.2 Å². The monoisotopic (exact) mass is 265 g/mol. The predicted molar refractivity (Wildman–Crippen MR) is 62.5 cm³/mol. The van der Waals surface area contributed by atoms with Gasteiger partial charge in [-0.3, -0.25) is 0 Å². The molecule has 1 aromatic carbocycles. The fraction of sp³-hybridized carbons (Fsp3) is 0.455. The van der Waals surface area contributed by atoms with E-state index in [4.69, 9.17) is 10.5 Å². The summed E-state index contributed by atoms with van der Waals surface area (Å²) in [4.78, 5) is 0.196. The molecule has 1 rings (SSSR count). The highest BCUT2D eigenvalue weighted by molar-refractivity contribution is 7.98. The number of benzene rings is 1. The number of hydrogen-bond donors (Lipinski definition) is 1. The lowest BCUT2D eigenvalue weighted by atomic mass is 10.1. The van der Waals surface area contributed by atoms with Crippen LogP contribution in [0.15, 0.2) is 17.0 Å². The molecule has 0 saturated heterocycles. The molecule has 0 unspecified atom stereocenters. The summed E-state index contributed by atoms with van der Waals surface area (Å²) < 4.78 is 43.3. The first-order valence-corrected chi connectivity index (χ1v) is 6.18. The lowest BCUT2D eigenvalue weighted by Gasteiger charge is -2.16. The molecular formula is C11H14F3NOS. The van der Waals surface area contributed by atoms with Crippen LogP contribution in [0.3, 0.4) is 0 Å². The van der Waals surface area contributed by atoms with E-state index in [1.807, 2.05) is 0 Å². The summed E-state index contributed by atoms with van der Waals surface area (Å²) in [7, 11) is 1.36. The molecule has 0 aliphatic carbocycles. The Kier molecular flexibility index (Phi) is 4.70. The van der Waals surface area contributed by atoms with Gasteiger partial charge in [0.05, 0.1) is 12.7 Å². The summed E-state index contributed by atoms with van der Waals surface area (Å²) in [6.45, 7) is 0.371. The maximum atomic E-state index is 12.8. The highest BCUT2D eigenvalue weighted by Gasteiger charge is 2.34. The molecule has 0 aliphatic heterocycles.